The Balaban J connectivity index is 0.000000170. The first kappa shape index (κ1) is 40.2. The van der Waals surface area contributed by atoms with E-state index in [9.17, 15) is 9.59 Å². The molecule has 15 heteroatoms. The van der Waals surface area contributed by atoms with E-state index >= 15 is 0 Å². The molecule has 0 bridgehead atoms. The van der Waals surface area contributed by atoms with E-state index in [1.54, 1.807) is 30.9 Å². The average molecular weight is 788 g/mol. The van der Waals surface area contributed by atoms with Gasteiger partial charge in [-0.3, -0.25) is 19.6 Å². The minimum atomic E-state index is 0. The van der Waals surface area contributed by atoms with E-state index in [0.29, 0.717) is 46.7 Å². The molecule has 6 aromatic rings. The normalized spacial score (nSPS) is 16.7. The number of carbonyl (C=O) groups is 2. The Labute approximate surface area is 329 Å². The number of anilines is 1. The lowest BCUT2D eigenvalue weighted by atomic mass is 10.1. The zero-order chi connectivity index (χ0) is 37.3. The molecule has 0 spiro atoms. The van der Waals surface area contributed by atoms with Crippen LogP contribution in [0.4, 0.5) is 5.82 Å². The molecule has 0 unspecified atom stereocenters. The van der Waals surface area contributed by atoms with Crippen molar-refractivity contribution in [1.29, 1.82) is 0 Å². The van der Waals surface area contributed by atoms with Gasteiger partial charge in [-0.05, 0) is 50.2 Å². The number of halogens is 3. The number of benzene rings is 2. The second-order valence-corrected chi connectivity index (χ2v) is 13.6. The number of aromatic nitrogens is 6. The molecule has 6 heterocycles. The summed E-state index contributed by atoms with van der Waals surface area (Å²) >= 11 is 17.7. The van der Waals surface area contributed by atoms with Crippen LogP contribution in [-0.4, -0.2) is 103 Å². The number of hydrogen-bond acceptors (Lipinski definition) is 10. The number of piperazine rings is 2. The summed E-state index contributed by atoms with van der Waals surface area (Å²) in [6.45, 7) is 8.61. The molecule has 0 saturated carbocycles. The molecule has 0 aliphatic carbocycles. The summed E-state index contributed by atoms with van der Waals surface area (Å²) in [6.07, 6.45) is 6.70. The van der Waals surface area contributed by atoms with Crippen molar-refractivity contribution in [2.24, 2.45) is 0 Å². The van der Waals surface area contributed by atoms with Crippen molar-refractivity contribution >= 4 is 74.0 Å². The number of amides is 2. The fraction of sp³-hybridized carbons (Fsp3) is 0.282. The fourth-order valence-corrected chi connectivity index (χ4v) is 6.79. The standard InChI is InChI=1S/C19H18ClN5O.C12H16N2O.C7H3Cl2N3.CH4/c1-13-12-24(19(26)14-5-3-2-4-6-14)9-10-25(13)18-16-11-21-8-7-15(16)17(20)22-23-18;1-10-9-14(8-7-13-10)12(15)11-5-3-2-4-6-11;8-6-4-1-2-10-3-5(4)7(9)12-11-6;/h2-8,11,13H,9-10,12H2,1H3;2-6,10,13H,7-9H2,1H3;1-3H;1H4/t13-;10-;;/m11../s1. The molecule has 0 radical (unpaired) electrons. The van der Waals surface area contributed by atoms with Gasteiger partial charge in [-0.2, -0.15) is 0 Å². The fourth-order valence-electron chi connectivity index (χ4n) is 6.20. The molecule has 2 fully saturated rings. The van der Waals surface area contributed by atoms with E-state index in [4.69, 9.17) is 34.8 Å². The quantitative estimate of drug-likeness (QED) is 0.198. The molecule has 4 aromatic heterocycles. The SMILES string of the molecule is C.C[C@@H]1CN(C(=O)c2ccccc2)CCN1.C[C@@H]1CN(C(=O)c2ccccc2)CCN1c1nnc(Cl)c2ccncc12.Clc1nnc(Cl)c2cnccc12. The summed E-state index contributed by atoms with van der Waals surface area (Å²) in [4.78, 5) is 38.8. The number of rotatable bonds is 3. The zero-order valence-corrected chi connectivity index (χ0v) is 31.4. The van der Waals surface area contributed by atoms with Crippen LogP contribution in [0.25, 0.3) is 21.5 Å². The van der Waals surface area contributed by atoms with Gasteiger partial charge in [0.15, 0.2) is 21.3 Å². The van der Waals surface area contributed by atoms with E-state index in [-0.39, 0.29) is 25.3 Å². The van der Waals surface area contributed by atoms with E-state index in [2.05, 4.69) is 54.4 Å². The molecule has 2 amide bonds. The van der Waals surface area contributed by atoms with Crippen LogP contribution < -0.4 is 10.2 Å². The first-order valence-electron chi connectivity index (χ1n) is 17.1. The van der Waals surface area contributed by atoms with E-state index in [1.807, 2.05) is 76.5 Å². The van der Waals surface area contributed by atoms with Gasteiger partial charge in [-0.15, -0.1) is 20.4 Å². The molecule has 2 atom stereocenters. The molecule has 8 rings (SSSR count). The minimum absolute atomic E-state index is 0. The number of nitrogens with zero attached hydrogens (tertiary/aromatic N) is 9. The average Bonchev–Trinajstić information content (AvgIpc) is 3.20. The largest absolute Gasteiger partial charge is 0.348 e. The van der Waals surface area contributed by atoms with Gasteiger partial charge in [0, 0.05) is 109 Å². The highest BCUT2D eigenvalue weighted by Crippen LogP contribution is 2.30. The van der Waals surface area contributed by atoms with E-state index < -0.39 is 0 Å². The number of nitrogens with one attached hydrogen (secondary N) is 1. The number of fused-ring (bicyclic) bond motifs is 2. The van der Waals surface area contributed by atoms with Gasteiger partial charge in [0.05, 0.1) is 0 Å². The van der Waals surface area contributed by atoms with Gasteiger partial charge in [-0.25, -0.2) is 0 Å². The van der Waals surface area contributed by atoms with E-state index in [0.717, 1.165) is 52.6 Å². The molecule has 2 saturated heterocycles. The Morgan fingerprint density at radius 1 is 0.630 bits per heavy atom. The smallest absolute Gasteiger partial charge is 0.253 e. The molecule has 54 heavy (non-hydrogen) atoms. The van der Waals surface area contributed by atoms with Gasteiger partial charge < -0.3 is 20.0 Å². The third kappa shape index (κ3) is 9.55. The van der Waals surface area contributed by atoms with Crippen LogP contribution in [0.2, 0.25) is 15.5 Å². The maximum atomic E-state index is 12.7. The van der Waals surface area contributed by atoms with Crippen molar-refractivity contribution < 1.29 is 9.59 Å². The first-order chi connectivity index (χ1) is 25.7. The Kier molecular flexibility index (Phi) is 14.0. The molecular weight excluding hydrogens is 747 g/mol. The summed E-state index contributed by atoms with van der Waals surface area (Å²) in [6, 6.07) is 22.9. The minimum Gasteiger partial charge on any atom is -0.348 e. The van der Waals surface area contributed by atoms with Crippen LogP contribution in [0.5, 0.6) is 0 Å². The third-order valence-corrected chi connectivity index (χ3v) is 9.73. The predicted octanol–water partition coefficient (Wildman–Crippen LogP) is 7.12. The van der Waals surface area contributed by atoms with Gasteiger partial charge >= 0.3 is 0 Å². The van der Waals surface area contributed by atoms with Crippen molar-refractivity contribution in [3.63, 3.8) is 0 Å². The van der Waals surface area contributed by atoms with Crippen LogP contribution in [0.3, 0.4) is 0 Å². The zero-order valence-electron chi connectivity index (χ0n) is 29.1. The van der Waals surface area contributed by atoms with Crippen molar-refractivity contribution in [3.05, 3.63) is 124 Å². The highest BCUT2D eigenvalue weighted by atomic mass is 35.5. The maximum absolute atomic E-state index is 12.7. The molecule has 280 valence electrons. The highest BCUT2D eigenvalue weighted by Gasteiger charge is 2.29. The summed E-state index contributed by atoms with van der Waals surface area (Å²) in [5, 5.41) is 23.3. The second kappa shape index (κ2) is 18.8. The molecule has 2 aliphatic heterocycles. The van der Waals surface area contributed by atoms with Gasteiger partial charge in [0.2, 0.25) is 0 Å². The Morgan fingerprint density at radius 2 is 1.13 bits per heavy atom. The molecule has 2 aromatic carbocycles. The number of pyridine rings is 2. The van der Waals surface area contributed by atoms with E-state index in [1.165, 1.54) is 0 Å². The summed E-state index contributed by atoms with van der Waals surface area (Å²) in [5.41, 5.74) is 1.50. The Morgan fingerprint density at radius 3 is 1.67 bits per heavy atom. The molecule has 2 aliphatic rings. The highest BCUT2D eigenvalue weighted by molar-refractivity contribution is 6.38. The van der Waals surface area contributed by atoms with Gasteiger partial charge in [0.1, 0.15) is 0 Å². The molecule has 12 nitrogen and oxygen atoms in total. The van der Waals surface area contributed by atoms with Gasteiger partial charge in [-0.1, -0.05) is 78.6 Å². The van der Waals surface area contributed by atoms with Crippen molar-refractivity contribution in [2.75, 3.05) is 44.2 Å². The summed E-state index contributed by atoms with van der Waals surface area (Å²) < 4.78 is 0. The predicted molar refractivity (Wildman–Crippen MR) is 215 cm³/mol. The number of carbonyl (C=O) groups excluding carboxylic acids is 2. The monoisotopic (exact) mass is 786 g/mol. The molecule has 1 N–H and O–H groups in total. The van der Waals surface area contributed by atoms with Crippen LogP contribution in [-0.2, 0) is 0 Å². The van der Waals surface area contributed by atoms with Crippen molar-refractivity contribution in [3.8, 4) is 0 Å². The van der Waals surface area contributed by atoms with Crippen LogP contribution in [0.1, 0.15) is 42.0 Å². The third-order valence-electron chi connectivity index (χ3n) is 8.89. The van der Waals surface area contributed by atoms with Gasteiger partial charge in [0.25, 0.3) is 11.8 Å². The lowest BCUT2D eigenvalue weighted by Gasteiger charge is -2.40. The summed E-state index contributed by atoms with van der Waals surface area (Å²) in [7, 11) is 0. The number of hydrogen-bond donors (Lipinski definition) is 1. The van der Waals surface area contributed by atoms with Crippen molar-refractivity contribution in [1.82, 2.24) is 45.5 Å². The second-order valence-electron chi connectivity index (χ2n) is 12.6. The lowest BCUT2D eigenvalue weighted by molar-refractivity contribution is 0.0706. The first-order valence-corrected chi connectivity index (χ1v) is 18.2. The Hall–Kier alpha value is -5.01. The lowest BCUT2D eigenvalue weighted by Crippen LogP contribution is -2.54. The topological polar surface area (TPSA) is 133 Å². The summed E-state index contributed by atoms with van der Waals surface area (Å²) in [5.74, 6) is 0.964. The van der Waals surface area contributed by atoms with Crippen LogP contribution >= 0.6 is 34.8 Å². The Bertz CT molecular complexity index is 2140. The molecular formula is C39H41Cl3N10O2. The van der Waals surface area contributed by atoms with Crippen LogP contribution in [0, 0.1) is 0 Å². The maximum Gasteiger partial charge on any atom is 0.253 e. The van der Waals surface area contributed by atoms with Crippen molar-refractivity contribution in [2.45, 2.75) is 33.4 Å². The van der Waals surface area contributed by atoms with Crippen LogP contribution in [0.15, 0.2) is 97.6 Å².